The zero-order valence-electron chi connectivity index (χ0n) is 16.1. The maximum absolute atomic E-state index is 12.5. The molecular formula is C21H21N3O6. The first-order valence-electron chi connectivity index (χ1n) is 8.97. The Balaban J connectivity index is 2.25. The van der Waals surface area contributed by atoms with Gasteiger partial charge in [0.15, 0.2) is 6.10 Å². The second kappa shape index (κ2) is 11.2. The molecule has 2 aromatic carbocycles. The van der Waals surface area contributed by atoms with Crippen molar-refractivity contribution in [1.29, 1.82) is 5.26 Å². The van der Waals surface area contributed by atoms with Crippen LogP contribution in [-0.4, -0.2) is 35.0 Å². The molecule has 0 aliphatic heterocycles. The number of nitriles is 1. The number of carbonyl (C=O) groups is 2. The number of phenolic OH excluding ortho intramolecular Hbond substituents is 1. The highest BCUT2D eigenvalue weighted by molar-refractivity contribution is 5.86. The molecule has 2 amide bonds. The third kappa shape index (κ3) is 6.63. The van der Waals surface area contributed by atoms with Gasteiger partial charge in [0.05, 0.1) is 11.6 Å². The number of carbonyl (C=O) groups excluding carboxylic acids is 2. The number of rotatable bonds is 8. The van der Waals surface area contributed by atoms with Crippen molar-refractivity contribution in [2.24, 2.45) is 0 Å². The van der Waals surface area contributed by atoms with Crippen molar-refractivity contribution in [3.63, 3.8) is 0 Å². The number of hydrogen-bond donors (Lipinski definition) is 4. The molecule has 0 saturated carbocycles. The number of nitrogens with zero attached hydrogens (tertiary/aromatic N) is 1. The van der Waals surface area contributed by atoms with E-state index in [1.54, 1.807) is 43.3 Å². The van der Waals surface area contributed by atoms with Crippen LogP contribution in [0.1, 0.15) is 24.2 Å². The summed E-state index contributed by atoms with van der Waals surface area (Å²) in [7, 11) is 0. The van der Waals surface area contributed by atoms with Crippen molar-refractivity contribution < 1.29 is 29.4 Å². The van der Waals surface area contributed by atoms with Crippen molar-refractivity contribution in [2.75, 3.05) is 11.9 Å². The molecular weight excluding hydrogens is 390 g/mol. The van der Waals surface area contributed by atoms with Gasteiger partial charge in [-0.15, -0.1) is 0 Å². The summed E-state index contributed by atoms with van der Waals surface area (Å²) in [6, 6.07) is 14.2. The molecule has 0 aliphatic carbocycles. The van der Waals surface area contributed by atoms with E-state index < -0.39 is 24.2 Å². The smallest absolute Gasteiger partial charge is 0.412 e. The second-order valence-electron chi connectivity index (χ2n) is 5.99. The van der Waals surface area contributed by atoms with Crippen LogP contribution in [0.3, 0.4) is 0 Å². The quantitative estimate of drug-likeness (QED) is 0.297. The number of ether oxygens (including phenoxy) is 2. The van der Waals surface area contributed by atoms with E-state index in [4.69, 9.17) is 19.9 Å². The number of phenols is 1. The molecule has 0 radical (unpaired) electrons. The fourth-order valence-corrected chi connectivity index (χ4v) is 2.54. The fourth-order valence-electron chi connectivity index (χ4n) is 2.54. The lowest BCUT2D eigenvalue weighted by atomic mass is 10.0. The van der Waals surface area contributed by atoms with Crippen LogP contribution in [-0.2, 0) is 14.3 Å². The summed E-state index contributed by atoms with van der Waals surface area (Å²) in [4.78, 5) is 23.8. The lowest BCUT2D eigenvalue weighted by molar-refractivity contribution is -0.124. The van der Waals surface area contributed by atoms with Crippen LogP contribution < -0.4 is 10.8 Å². The Bertz CT molecular complexity index is 919. The summed E-state index contributed by atoms with van der Waals surface area (Å²) in [5.74, 6) is -0.742. The second-order valence-corrected chi connectivity index (χ2v) is 5.99. The minimum absolute atomic E-state index is 0.0303. The number of anilines is 1. The van der Waals surface area contributed by atoms with Gasteiger partial charge in [-0.1, -0.05) is 12.1 Å². The van der Waals surface area contributed by atoms with E-state index in [1.807, 2.05) is 6.07 Å². The first kappa shape index (κ1) is 22.4. The molecule has 0 bridgehead atoms. The third-order valence-electron chi connectivity index (χ3n) is 3.92. The SMILES string of the molecule is CCO[C@@H](/C=C/C(=O)NO)[C@@H](OC(=O)Nc1ccc(C#N)cc1)c1ccc(O)cc1. The van der Waals surface area contributed by atoms with Gasteiger partial charge in [0.2, 0.25) is 0 Å². The molecule has 0 aliphatic rings. The molecule has 0 aromatic heterocycles. The van der Waals surface area contributed by atoms with Gasteiger partial charge in [0.1, 0.15) is 11.9 Å². The first-order chi connectivity index (χ1) is 14.5. The van der Waals surface area contributed by atoms with E-state index in [-0.39, 0.29) is 12.4 Å². The summed E-state index contributed by atoms with van der Waals surface area (Å²) in [6.45, 7) is 1.99. The minimum Gasteiger partial charge on any atom is -0.508 e. The maximum atomic E-state index is 12.5. The molecule has 0 unspecified atom stereocenters. The Morgan fingerprint density at radius 3 is 2.40 bits per heavy atom. The minimum atomic E-state index is -0.966. The van der Waals surface area contributed by atoms with Crippen LogP contribution in [0, 0.1) is 11.3 Å². The molecule has 2 aromatic rings. The number of benzene rings is 2. The van der Waals surface area contributed by atoms with Crippen molar-refractivity contribution >= 4 is 17.7 Å². The molecule has 156 valence electrons. The number of hydroxylamine groups is 1. The van der Waals surface area contributed by atoms with Gasteiger partial charge in [-0.2, -0.15) is 5.26 Å². The summed E-state index contributed by atoms with van der Waals surface area (Å²) in [6.07, 6.45) is -0.213. The highest BCUT2D eigenvalue weighted by Crippen LogP contribution is 2.27. The summed E-state index contributed by atoms with van der Waals surface area (Å²) in [5.41, 5.74) is 2.85. The lowest BCUT2D eigenvalue weighted by Crippen LogP contribution is -2.28. The van der Waals surface area contributed by atoms with Crippen LogP contribution in [0.25, 0.3) is 0 Å². The molecule has 2 atom stereocenters. The molecule has 0 saturated heterocycles. The average Bonchev–Trinajstić information content (AvgIpc) is 2.76. The highest BCUT2D eigenvalue weighted by Gasteiger charge is 2.26. The van der Waals surface area contributed by atoms with Crippen molar-refractivity contribution in [3.05, 3.63) is 71.8 Å². The van der Waals surface area contributed by atoms with E-state index >= 15 is 0 Å². The number of aromatic hydroxyl groups is 1. The van der Waals surface area contributed by atoms with Crippen LogP contribution in [0.15, 0.2) is 60.7 Å². The predicted molar refractivity (Wildman–Crippen MR) is 107 cm³/mol. The summed E-state index contributed by atoms with van der Waals surface area (Å²) < 4.78 is 11.2. The van der Waals surface area contributed by atoms with Gasteiger partial charge in [0, 0.05) is 18.4 Å². The van der Waals surface area contributed by atoms with E-state index in [9.17, 15) is 14.7 Å². The molecule has 0 heterocycles. The molecule has 0 spiro atoms. The molecule has 30 heavy (non-hydrogen) atoms. The van der Waals surface area contributed by atoms with E-state index in [0.717, 1.165) is 6.08 Å². The normalized spacial score (nSPS) is 12.6. The number of amides is 2. The van der Waals surface area contributed by atoms with Crippen LogP contribution in [0.4, 0.5) is 10.5 Å². The highest BCUT2D eigenvalue weighted by atomic mass is 16.6. The van der Waals surface area contributed by atoms with Crippen LogP contribution >= 0.6 is 0 Å². The molecule has 9 nitrogen and oxygen atoms in total. The van der Waals surface area contributed by atoms with Gasteiger partial charge < -0.3 is 14.6 Å². The van der Waals surface area contributed by atoms with Crippen molar-refractivity contribution in [3.8, 4) is 11.8 Å². The van der Waals surface area contributed by atoms with Gasteiger partial charge >= 0.3 is 6.09 Å². The topological polar surface area (TPSA) is 141 Å². The largest absolute Gasteiger partial charge is 0.508 e. The maximum Gasteiger partial charge on any atom is 0.412 e. The van der Waals surface area contributed by atoms with E-state index in [0.29, 0.717) is 16.8 Å². The third-order valence-corrected chi connectivity index (χ3v) is 3.92. The van der Waals surface area contributed by atoms with Gasteiger partial charge in [-0.25, -0.2) is 10.3 Å². The monoisotopic (exact) mass is 411 g/mol. The Hall–Kier alpha value is -3.87. The summed E-state index contributed by atoms with van der Waals surface area (Å²) in [5, 5.41) is 29.6. The van der Waals surface area contributed by atoms with Gasteiger partial charge in [-0.05, 0) is 55.0 Å². The zero-order chi connectivity index (χ0) is 21.9. The first-order valence-corrected chi connectivity index (χ1v) is 8.97. The standard InChI is InChI=1S/C21H21N3O6/c1-2-29-18(11-12-19(26)24-28)20(15-5-9-17(25)10-6-15)30-21(27)23-16-7-3-14(13-22)4-8-16/h3-12,18,20,25,28H,2H2,1H3,(H,23,27)(H,24,26)/b12-11+/t18-,20-/m0/s1. The zero-order valence-corrected chi connectivity index (χ0v) is 16.1. The Kier molecular flexibility index (Phi) is 8.38. The Labute approximate surface area is 173 Å². The number of nitrogens with one attached hydrogen (secondary N) is 2. The van der Waals surface area contributed by atoms with E-state index in [2.05, 4.69) is 5.32 Å². The van der Waals surface area contributed by atoms with Crippen molar-refractivity contribution in [2.45, 2.75) is 19.1 Å². The molecule has 4 N–H and O–H groups in total. The van der Waals surface area contributed by atoms with Crippen LogP contribution in [0.2, 0.25) is 0 Å². The van der Waals surface area contributed by atoms with Crippen molar-refractivity contribution in [1.82, 2.24) is 5.48 Å². The lowest BCUT2D eigenvalue weighted by Gasteiger charge is -2.25. The number of hydrogen-bond acceptors (Lipinski definition) is 7. The summed E-state index contributed by atoms with van der Waals surface area (Å²) >= 11 is 0. The van der Waals surface area contributed by atoms with Crippen LogP contribution in [0.5, 0.6) is 5.75 Å². The molecule has 9 heteroatoms. The van der Waals surface area contributed by atoms with E-state index in [1.165, 1.54) is 23.7 Å². The Morgan fingerprint density at radius 1 is 1.17 bits per heavy atom. The predicted octanol–water partition coefficient (Wildman–Crippen LogP) is 3.02. The average molecular weight is 411 g/mol. The Morgan fingerprint density at radius 2 is 1.83 bits per heavy atom. The fraction of sp³-hybridized carbons (Fsp3) is 0.190. The van der Waals surface area contributed by atoms with Gasteiger partial charge in [-0.3, -0.25) is 15.3 Å². The molecule has 0 fully saturated rings. The van der Waals surface area contributed by atoms with Gasteiger partial charge in [0.25, 0.3) is 5.91 Å². The molecule has 2 rings (SSSR count).